The Morgan fingerprint density at radius 2 is 2.08 bits per heavy atom. The highest BCUT2D eigenvalue weighted by Gasteiger charge is 2.28. The minimum atomic E-state index is -4.21. The third-order valence-electron chi connectivity index (χ3n) is 1.44. The first kappa shape index (κ1) is 9.77. The van der Waals surface area contributed by atoms with E-state index in [1.165, 1.54) is 12.3 Å². The van der Waals surface area contributed by atoms with E-state index in [1.54, 1.807) is 12.1 Å². The lowest BCUT2D eigenvalue weighted by molar-refractivity contribution is -0.123. The molecular formula is C9H8F3N. The van der Waals surface area contributed by atoms with E-state index in [2.05, 4.69) is 11.6 Å². The quantitative estimate of drug-likeness (QED) is 0.693. The summed E-state index contributed by atoms with van der Waals surface area (Å²) in [5, 5.41) is 0. The summed E-state index contributed by atoms with van der Waals surface area (Å²) in [4.78, 5) is 3.76. The zero-order valence-electron chi connectivity index (χ0n) is 6.80. The summed E-state index contributed by atoms with van der Waals surface area (Å²) in [5.41, 5.74) is 0.285. The van der Waals surface area contributed by atoms with Gasteiger partial charge in [0.1, 0.15) is 0 Å². The normalized spacial score (nSPS) is 11.3. The lowest BCUT2D eigenvalue weighted by Crippen LogP contribution is -2.07. The molecule has 0 fully saturated rings. The Morgan fingerprint density at radius 3 is 2.54 bits per heavy atom. The van der Waals surface area contributed by atoms with Gasteiger partial charge in [0, 0.05) is 6.20 Å². The van der Waals surface area contributed by atoms with Crippen LogP contribution in [0.4, 0.5) is 13.2 Å². The summed E-state index contributed by atoms with van der Waals surface area (Å²) in [5.74, 6) is 0. The average Bonchev–Trinajstić information content (AvgIpc) is 2.03. The first-order valence-electron chi connectivity index (χ1n) is 3.65. The first-order valence-corrected chi connectivity index (χ1v) is 3.65. The molecule has 0 aromatic carbocycles. The van der Waals surface area contributed by atoms with Crippen LogP contribution < -0.4 is 0 Å². The van der Waals surface area contributed by atoms with Crippen LogP contribution in [-0.4, -0.2) is 11.2 Å². The van der Waals surface area contributed by atoms with E-state index in [1.807, 2.05) is 0 Å². The second-order valence-electron chi connectivity index (χ2n) is 2.61. The largest absolute Gasteiger partial charge is 0.393 e. The van der Waals surface area contributed by atoms with Gasteiger partial charge in [-0.1, -0.05) is 12.6 Å². The molecule has 70 valence electrons. The maximum absolute atomic E-state index is 11.9. The number of hydrogen-bond donors (Lipinski definition) is 0. The molecule has 1 nitrogen and oxygen atoms in total. The van der Waals surface area contributed by atoms with Crippen molar-refractivity contribution in [2.45, 2.75) is 12.6 Å². The molecule has 0 aliphatic heterocycles. The van der Waals surface area contributed by atoms with E-state index in [0.717, 1.165) is 0 Å². The van der Waals surface area contributed by atoms with Crippen molar-refractivity contribution in [1.29, 1.82) is 0 Å². The molecule has 1 rings (SSSR count). The molecule has 0 bridgehead atoms. The van der Waals surface area contributed by atoms with Crippen molar-refractivity contribution >= 4 is 5.57 Å². The van der Waals surface area contributed by atoms with E-state index in [0.29, 0.717) is 5.69 Å². The monoisotopic (exact) mass is 187 g/mol. The predicted octanol–water partition coefficient (Wildman–Crippen LogP) is 3.05. The van der Waals surface area contributed by atoms with Gasteiger partial charge in [0.2, 0.25) is 0 Å². The third-order valence-corrected chi connectivity index (χ3v) is 1.44. The molecule has 0 radical (unpaired) electrons. The van der Waals surface area contributed by atoms with E-state index in [4.69, 9.17) is 0 Å². The number of nitrogens with zero attached hydrogens (tertiary/aromatic N) is 1. The molecule has 0 unspecified atom stereocenters. The van der Waals surface area contributed by atoms with Crippen molar-refractivity contribution < 1.29 is 13.2 Å². The second-order valence-corrected chi connectivity index (χ2v) is 2.61. The molecule has 0 amide bonds. The van der Waals surface area contributed by atoms with Crippen LogP contribution in [0, 0.1) is 0 Å². The highest BCUT2D eigenvalue weighted by Crippen LogP contribution is 2.27. The third kappa shape index (κ3) is 3.27. The lowest BCUT2D eigenvalue weighted by Gasteiger charge is -2.07. The van der Waals surface area contributed by atoms with Crippen molar-refractivity contribution in [2.75, 3.05) is 0 Å². The first-order chi connectivity index (χ1) is 5.99. The standard InChI is InChI=1S/C9H8F3N/c1-7(6-9(10,11)12)8-4-2-3-5-13-8/h2-5H,1,6H2. The Hall–Kier alpha value is -1.32. The van der Waals surface area contributed by atoms with E-state index < -0.39 is 12.6 Å². The number of aromatic nitrogens is 1. The molecular weight excluding hydrogens is 179 g/mol. The molecule has 0 aliphatic carbocycles. The lowest BCUT2D eigenvalue weighted by atomic mass is 10.1. The van der Waals surface area contributed by atoms with Crippen molar-refractivity contribution in [1.82, 2.24) is 4.98 Å². The van der Waals surface area contributed by atoms with E-state index in [9.17, 15) is 13.2 Å². The highest BCUT2D eigenvalue weighted by molar-refractivity contribution is 5.60. The molecule has 0 saturated heterocycles. The number of halogens is 3. The highest BCUT2D eigenvalue weighted by atomic mass is 19.4. The number of rotatable bonds is 2. The van der Waals surface area contributed by atoms with Gasteiger partial charge in [-0.15, -0.1) is 0 Å². The van der Waals surface area contributed by atoms with E-state index in [-0.39, 0.29) is 5.57 Å². The molecule has 0 saturated carbocycles. The Bertz CT molecular complexity index is 289. The molecule has 13 heavy (non-hydrogen) atoms. The molecule has 1 aromatic rings. The summed E-state index contributed by atoms with van der Waals surface area (Å²) in [6.07, 6.45) is -3.78. The van der Waals surface area contributed by atoms with Crippen LogP contribution >= 0.6 is 0 Å². The van der Waals surface area contributed by atoms with Crippen LogP contribution in [-0.2, 0) is 0 Å². The Kier molecular flexibility index (Phi) is 2.70. The van der Waals surface area contributed by atoms with Gasteiger partial charge in [0.05, 0.1) is 12.1 Å². The smallest absolute Gasteiger partial charge is 0.257 e. The van der Waals surface area contributed by atoms with Gasteiger partial charge in [-0.25, -0.2) is 0 Å². The molecule has 1 heterocycles. The van der Waals surface area contributed by atoms with Gasteiger partial charge in [0.15, 0.2) is 0 Å². The van der Waals surface area contributed by atoms with Crippen LogP contribution in [0.2, 0.25) is 0 Å². The molecule has 0 spiro atoms. The summed E-state index contributed by atoms with van der Waals surface area (Å²) in [7, 11) is 0. The summed E-state index contributed by atoms with van der Waals surface area (Å²) in [6, 6.07) is 4.78. The molecule has 4 heteroatoms. The fourth-order valence-electron chi connectivity index (χ4n) is 0.904. The minimum Gasteiger partial charge on any atom is -0.257 e. The van der Waals surface area contributed by atoms with Crippen molar-refractivity contribution in [3.05, 3.63) is 36.7 Å². The summed E-state index contributed by atoms with van der Waals surface area (Å²) >= 11 is 0. The maximum atomic E-state index is 11.9. The van der Waals surface area contributed by atoms with Crippen LogP contribution in [0.5, 0.6) is 0 Å². The van der Waals surface area contributed by atoms with Gasteiger partial charge in [-0.2, -0.15) is 13.2 Å². The fraction of sp³-hybridized carbons (Fsp3) is 0.222. The van der Waals surface area contributed by atoms with Gasteiger partial charge in [0.25, 0.3) is 0 Å². The number of pyridine rings is 1. The van der Waals surface area contributed by atoms with E-state index >= 15 is 0 Å². The van der Waals surface area contributed by atoms with Gasteiger partial charge < -0.3 is 0 Å². The zero-order chi connectivity index (χ0) is 9.90. The van der Waals surface area contributed by atoms with Crippen molar-refractivity contribution in [3.8, 4) is 0 Å². The number of hydrogen-bond acceptors (Lipinski definition) is 1. The van der Waals surface area contributed by atoms with Crippen LogP contribution in [0.15, 0.2) is 31.0 Å². The number of alkyl halides is 3. The predicted molar refractivity (Wildman–Crippen MR) is 43.9 cm³/mol. The second kappa shape index (κ2) is 3.60. The summed E-state index contributed by atoms with van der Waals surface area (Å²) < 4.78 is 35.7. The van der Waals surface area contributed by atoms with Crippen LogP contribution in [0.25, 0.3) is 5.57 Å². The van der Waals surface area contributed by atoms with Gasteiger partial charge in [-0.3, -0.25) is 4.98 Å². The Labute approximate surface area is 73.9 Å². The molecule has 0 N–H and O–H groups in total. The van der Waals surface area contributed by atoms with Crippen LogP contribution in [0.1, 0.15) is 12.1 Å². The molecule has 0 atom stereocenters. The minimum absolute atomic E-state index is 0.00639. The maximum Gasteiger partial charge on any atom is 0.393 e. The zero-order valence-corrected chi connectivity index (χ0v) is 6.80. The number of allylic oxidation sites excluding steroid dienone is 1. The van der Waals surface area contributed by atoms with Crippen LogP contribution in [0.3, 0.4) is 0 Å². The van der Waals surface area contributed by atoms with Crippen molar-refractivity contribution in [2.24, 2.45) is 0 Å². The fourth-order valence-corrected chi connectivity index (χ4v) is 0.904. The summed E-state index contributed by atoms with van der Waals surface area (Å²) in [6.45, 7) is 3.33. The molecule has 1 aromatic heterocycles. The molecule has 0 aliphatic rings. The van der Waals surface area contributed by atoms with Crippen molar-refractivity contribution in [3.63, 3.8) is 0 Å². The SMILES string of the molecule is C=C(CC(F)(F)F)c1ccccn1. The van der Waals surface area contributed by atoms with Gasteiger partial charge >= 0.3 is 6.18 Å². The average molecular weight is 187 g/mol. The van der Waals surface area contributed by atoms with Gasteiger partial charge in [-0.05, 0) is 17.7 Å². The Balaban J connectivity index is 2.71. The Morgan fingerprint density at radius 1 is 1.38 bits per heavy atom. The topological polar surface area (TPSA) is 12.9 Å².